The monoisotopic (exact) mass is 389 g/mol. The van der Waals surface area contributed by atoms with Crippen molar-refractivity contribution < 1.29 is 14.3 Å². The first-order valence-electron chi connectivity index (χ1n) is 9.23. The Labute approximate surface area is 169 Å². The van der Waals surface area contributed by atoms with E-state index < -0.39 is 0 Å². The molecule has 0 aliphatic heterocycles. The minimum absolute atomic E-state index is 0.183. The lowest BCUT2D eigenvalue weighted by atomic mass is 10.1. The Hall–Kier alpha value is -3.64. The van der Waals surface area contributed by atoms with Gasteiger partial charge in [0.15, 0.2) is 0 Å². The summed E-state index contributed by atoms with van der Waals surface area (Å²) in [5, 5.41) is 8.40. The predicted octanol–water partition coefficient (Wildman–Crippen LogP) is 4.41. The van der Waals surface area contributed by atoms with E-state index in [0.29, 0.717) is 30.1 Å². The first-order valence-corrected chi connectivity index (χ1v) is 9.23. The van der Waals surface area contributed by atoms with E-state index >= 15 is 0 Å². The molecule has 0 bridgehead atoms. The summed E-state index contributed by atoms with van der Waals surface area (Å²) in [4.78, 5) is 24.5. The van der Waals surface area contributed by atoms with Gasteiger partial charge in [0.25, 0.3) is 5.91 Å². The van der Waals surface area contributed by atoms with Crippen molar-refractivity contribution in [2.24, 2.45) is 0 Å². The zero-order valence-electron chi connectivity index (χ0n) is 16.1. The van der Waals surface area contributed by atoms with Crippen LogP contribution in [-0.2, 0) is 17.9 Å². The molecule has 0 saturated heterocycles. The molecule has 0 aliphatic rings. The largest absolute Gasteiger partial charge is 0.380 e. The second-order valence-corrected chi connectivity index (χ2v) is 6.41. The summed E-state index contributed by atoms with van der Waals surface area (Å²) in [5.74, 6) is -0.183. The van der Waals surface area contributed by atoms with E-state index in [1.807, 2.05) is 42.5 Å². The lowest BCUT2D eigenvalue weighted by Crippen LogP contribution is -2.23. The Morgan fingerprint density at radius 1 is 0.759 bits per heavy atom. The van der Waals surface area contributed by atoms with Gasteiger partial charge in [0.1, 0.15) is 0 Å². The molecule has 3 aromatic rings. The van der Waals surface area contributed by atoms with Gasteiger partial charge in [-0.3, -0.25) is 4.79 Å². The first kappa shape index (κ1) is 20.1. The normalized spacial score (nSPS) is 10.2. The molecule has 0 heterocycles. The van der Waals surface area contributed by atoms with Crippen LogP contribution in [-0.4, -0.2) is 19.0 Å². The van der Waals surface area contributed by atoms with E-state index in [-0.39, 0.29) is 11.9 Å². The minimum Gasteiger partial charge on any atom is -0.380 e. The second kappa shape index (κ2) is 10.1. The third-order valence-electron chi connectivity index (χ3n) is 4.29. The van der Waals surface area contributed by atoms with Crippen LogP contribution in [0.4, 0.5) is 16.2 Å². The highest BCUT2D eigenvalue weighted by atomic mass is 16.5. The fraction of sp³-hybridized carbons (Fsp3) is 0.130. The van der Waals surface area contributed by atoms with Gasteiger partial charge in [-0.25, -0.2) is 4.79 Å². The Morgan fingerprint density at radius 2 is 1.34 bits per heavy atom. The number of carbonyl (C=O) groups excluding carboxylic acids is 2. The number of carbonyl (C=O) groups is 2. The van der Waals surface area contributed by atoms with Crippen molar-refractivity contribution in [2.45, 2.75) is 13.2 Å². The number of amides is 3. The van der Waals surface area contributed by atoms with Gasteiger partial charge in [-0.15, -0.1) is 0 Å². The Morgan fingerprint density at radius 3 is 2.00 bits per heavy atom. The number of methoxy groups -OCH3 is 1. The van der Waals surface area contributed by atoms with E-state index in [4.69, 9.17) is 4.74 Å². The van der Waals surface area contributed by atoms with Crippen LogP contribution in [0.15, 0.2) is 78.9 Å². The Bertz CT molecular complexity index is 957. The molecule has 0 aliphatic carbocycles. The molecule has 0 radical (unpaired) electrons. The van der Waals surface area contributed by atoms with Gasteiger partial charge in [0.2, 0.25) is 0 Å². The number of benzene rings is 3. The molecular weight excluding hydrogens is 366 g/mol. The summed E-state index contributed by atoms with van der Waals surface area (Å²) in [6.45, 7) is 0.912. The summed E-state index contributed by atoms with van der Waals surface area (Å²) >= 11 is 0. The van der Waals surface area contributed by atoms with Crippen molar-refractivity contribution in [2.75, 3.05) is 17.7 Å². The van der Waals surface area contributed by atoms with Crippen LogP contribution in [0.25, 0.3) is 0 Å². The van der Waals surface area contributed by atoms with Crippen LogP contribution in [0.5, 0.6) is 0 Å². The van der Waals surface area contributed by atoms with E-state index in [1.54, 1.807) is 43.5 Å². The van der Waals surface area contributed by atoms with Gasteiger partial charge in [0.05, 0.1) is 6.61 Å². The Balaban J connectivity index is 1.54. The van der Waals surface area contributed by atoms with Crippen molar-refractivity contribution in [1.82, 2.24) is 5.32 Å². The predicted molar refractivity (Wildman–Crippen MR) is 114 cm³/mol. The molecule has 6 nitrogen and oxygen atoms in total. The van der Waals surface area contributed by atoms with Crippen molar-refractivity contribution in [3.05, 3.63) is 95.6 Å². The van der Waals surface area contributed by atoms with Gasteiger partial charge in [-0.1, -0.05) is 42.5 Å². The highest BCUT2D eigenvalue weighted by Gasteiger charge is 2.08. The molecule has 0 spiro atoms. The molecule has 3 amide bonds. The van der Waals surface area contributed by atoms with Crippen molar-refractivity contribution >= 4 is 23.3 Å². The average molecular weight is 389 g/mol. The van der Waals surface area contributed by atoms with Crippen molar-refractivity contribution in [3.63, 3.8) is 0 Å². The van der Waals surface area contributed by atoms with E-state index in [0.717, 1.165) is 11.1 Å². The highest BCUT2D eigenvalue weighted by molar-refractivity contribution is 6.00. The number of anilines is 2. The number of nitrogens with one attached hydrogen (secondary N) is 3. The average Bonchev–Trinajstić information content (AvgIpc) is 2.74. The molecule has 3 N–H and O–H groups in total. The number of rotatable bonds is 7. The first-order chi connectivity index (χ1) is 14.2. The van der Waals surface area contributed by atoms with Gasteiger partial charge >= 0.3 is 6.03 Å². The maximum absolute atomic E-state index is 12.4. The lowest BCUT2D eigenvalue weighted by molar-refractivity contribution is 0.0950. The molecule has 148 valence electrons. The maximum atomic E-state index is 12.4. The topological polar surface area (TPSA) is 79.5 Å². The molecule has 0 unspecified atom stereocenters. The summed E-state index contributed by atoms with van der Waals surface area (Å²) in [6, 6.07) is 23.4. The number of hydrogen-bond acceptors (Lipinski definition) is 3. The molecule has 29 heavy (non-hydrogen) atoms. The zero-order chi connectivity index (χ0) is 20.5. The van der Waals surface area contributed by atoms with E-state index in [9.17, 15) is 9.59 Å². The smallest absolute Gasteiger partial charge is 0.323 e. The van der Waals surface area contributed by atoms with Crippen LogP contribution in [0.3, 0.4) is 0 Å². The lowest BCUT2D eigenvalue weighted by Gasteiger charge is -2.11. The molecule has 6 heteroatoms. The maximum Gasteiger partial charge on any atom is 0.323 e. The van der Waals surface area contributed by atoms with Crippen LogP contribution in [0.2, 0.25) is 0 Å². The Kier molecular flexibility index (Phi) is 6.97. The molecule has 0 atom stereocenters. The van der Waals surface area contributed by atoms with Crippen molar-refractivity contribution in [3.8, 4) is 0 Å². The van der Waals surface area contributed by atoms with Crippen LogP contribution in [0.1, 0.15) is 21.5 Å². The van der Waals surface area contributed by atoms with Gasteiger partial charge in [-0.2, -0.15) is 0 Å². The number of urea groups is 1. The van der Waals surface area contributed by atoms with Gasteiger partial charge in [0, 0.05) is 30.6 Å². The van der Waals surface area contributed by atoms with Crippen LogP contribution >= 0.6 is 0 Å². The third kappa shape index (κ3) is 5.92. The van der Waals surface area contributed by atoms with Crippen LogP contribution < -0.4 is 16.0 Å². The van der Waals surface area contributed by atoms with Crippen LogP contribution in [0, 0.1) is 0 Å². The number of ether oxygens (including phenoxy) is 1. The molecule has 0 aromatic heterocycles. The molecule has 0 fully saturated rings. The van der Waals surface area contributed by atoms with Gasteiger partial charge < -0.3 is 20.7 Å². The molecule has 3 aromatic carbocycles. The standard InChI is InChI=1S/C23H23N3O3/c1-29-16-19-8-6-5-7-18(19)15-24-22(27)17-11-13-21(14-12-17)26-23(28)25-20-9-3-2-4-10-20/h2-14H,15-16H2,1H3,(H,24,27)(H2,25,26,28). The molecular formula is C23H23N3O3. The van der Waals surface area contributed by atoms with Crippen molar-refractivity contribution in [1.29, 1.82) is 0 Å². The summed E-state index contributed by atoms with van der Waals surface area (Å²) in [7, 11) is 1.64. The van der Waals surface area contributed by atoms with E-state index in [2.05, 4.69) is 16.0 Å². The second-order valence-electron chi connectivity index (χ2n) is 6.41. The SMILES string of the molecule is COCc1ccccc1CNC(=O)c1ccc(NC(=O)Nc2ccccc2)cc1. The van der Waals surface area contributed by atoms with Gasteiger partial charge in [-0.05, 0) is 47.5 Å². The quantitative estimate of drug-likeness (QED) is 0.560. The third-order valence-corrected chi connectivity index (χ3v) is 4.29. The number of para-hydroxylation sites is 1. The zero-order valence-corrected chi connectivity index (χ0v) is 16.1. The molecule has 3 rings (SSSR count). The fourth-order valence-corrected chi connectivity index (χ4v) is 2.82. The summed E-state index contributed by atoms with van der Waals surface area (Å²) in [6.07, 6.45) is 0. The summed E-state index contributed by atoms with van der Waals surface area (Å²) < 4.78 is 5.19. The fourth-order valence-electron chi connectivity index (χ4n) is 2.82. The summed E-state index contributed by atoms with van der Waals surface area (Å²) in [5.41, 5.74) is 3.87. The van der Waals surface area contributed by atoms with E-state index in [1.165, 1.54) is 0 Å². The molecule has 0 saturated carbocycles. The highest BCUT2D eigenvalue weighted by Crippen LogP contribution is 2.13. The number of hydrogen-bond donors (Lipinski definition) is 3. The minimum atomic E-state index is -0.344.